The molecule has 0 bridgehead atoms. The molecule has 0 unspecified atom stereocenters. The molecule has 130 valence electrons. The normalized spacial score (nSPS) is 14.4. The van der Waals surface area contributed by atoms with E-state index in [2.05, 4.69) is 59.6 Å². The van der Waals surface area contributed by atoms with E-state index in [0.29, 0.717) is 6.79 Å². The van der Waals surface area contributed by atoms with Gasteiger partial charge >= 0.3 is 0 Å². The number of fused-ring (bicyclic) bond motifs is 2. The van der Waals surface area contributed by atoms with Crippen molar-refractivity contribution in [3.63, 3.8) is 0 Å². The van der Waals surface area contributed by atoms with Gasteiger partial charge in [0.25, 0.3) is 0 Å². The first-order valence-corrected chi connectivity index (χ1v) is 8.91. The number of hydrogen-bond donors (Lipinski definition) is 1. The molecule has 2 heterocycles. The van der Waals surface area contributed by atoms with Gasteiger partial charge in [-0.05, 0) is 54.8 Å². The van der Waals surface area contributed by atoms with E-state index in [1.165, 1.54) is 22.5 Å². The van der Waals surface area contributed by atoms with Gasteiger partial charge in [-0.1, -0.05) is 24.3 Å². The van der Waals surface area contributed by atoms with E-state index in [0.717, 1.165) is 35.8 Å². The molecule has 5 rings (SSSR count). The quantitative estimate of drug-likeness (QED) is 0.711. The lowest BCUT2D eigenvalue weighted by molar-refractivity contribution is 0.174. The van der Waals surface area contributed by atoms with Crippen molar-refractivity contribution in [2.24, 2.45) is 0 Å². The average Bonchev–Trinajstić information content (AvgIpc) is 3.30. The van der Waals surface area contributed by atoms with Gasteiger partial charge in [0.2, 0.25) is 6.79 Å². The monoisotopic (exact) mass is 344 g/mol. The average molecular weight is 344 g/mol. The number of nitrogens with zero attached hydrogens (tertiary/aromatic N) is 1. The number of rotatable bonds is 3. The molecule has 1 N–H and O–H groups in total. The van der Waals surface area contributed by atoms with Crippen molar-refractivity contribution in [3.05, 3.63) is 71.8 Å². The van der Waals surface area contributed by atoms with Crippen molar-refractivity contribution < 1.29 is 9.47 Å². The largest absolute Gasteiger partial charge is 0.454 e. The molecular formula is C22H20N2O2. The second kappa shape index (κ2) is 5.99. The zero-order valence-corrected chi connectivity index (χ0v) is 14.7. The number of nitrogens with one attached hydrogen (secondary N) is 1. The predicted molar refractivity (Wildman–Crippen MR) is 104 cm³/mol. The molecule has 0 atom stereocenters. The minimum atomic E-state index is 0.293. The minimum Gasteiger partial charge on any atom is -0.454 e. The van der Waals surface area contributed by atoms with Crippen LogP contribution < -0.4 is 19.7 Å². The summed E-state index contributed by atoms with van der Waals surface area (Å²) in [4.78, 5) is 2.39. The van der Waals surface area contributed by atoms with E-state index in [1.54, 1.807) is 0 Å². The molecule has 3 aromatic rings. The van der Waals surface area contributed by atoms with E-state index in [1.807, 2.05) is 18.2 Å². The van der Waals surface area contributed by atoms with Crippen LogP contribution in [0.1, 0.15) is 11.1 Å². The molecule has 0 spiro atoms. The number of ether oxygens (including phenoxy) is 2. The molecular weight excluding hydrogens is 324 g/mol. The maximum atomic E-state index is 5.48. The van der Waals surface area contributed by atoms with Crippen LogP contribution in [0.15, 0.2) is 60.7 Å². The van der Waals surface area contributed by atoms with Gasteiger partial charge in [-0.15, -0.1) is 0 Å². The fourth-order valence-electron chi connectivity index (χ4n) is 3.65. The van der Waals surface area contributed by atoms with Crippen molar-refractivity contribution in [1.82, 2.24) is 0 Å². The highest BCUT2D eigenvalue weighted by atomic mass is 16.7. The van der Waals surface area contributed by atoms with Gasteiger partial charge in [-0.25, -0.2) is 0 Å². The molecule has 0 aromatic heterocycles. The standard InChI is InChI=1S/C22H20N2O2/c1-15-6-8-18(24-11-10-16-4-2-3-5-20(16)24)13-19(15)23-17-7-9-21-22(12-17)26-14-25-21/h2-9,12-13,23H,10-11,14H2,1H3. The summed E-state index contributed by atoms with van der Waals surface area (Å²) >= 11 is 0. The van der Waals surface area contributed by atoms with Gasteiger partial charge in [-0.2, -0.15) is 0 Å². The SMILES string of the molecule is Cc1ccc(N2CCc3ccccc32)cc1Nc1ccc2c(c1)OCO2. The molecule has 26 heavy (non-hydrogen) atoms. The summed E-state index contributed by atoms with van der Waals surface area (Å²) in [5.41, 5.74) is 7.24. The Labute approximate surface area is 153 Å². The summed E-state index contributed by atoms with van der Waals surface area (Å²) in [6.07, 6.45) is 1.09. The smallest absolute Gasteiger partial charge is 0.231 e. The first-order valence-electron chi connectivity index (χ1n) is 8.91. The van der Waals surface area contributed by atoms with Crippen LogP contribution in [0.4, 0.5) is 22.7 Å². The van der Waals surface area contributed by atoms with Gasteiger partial charge in [0.15, 0.2) is 11.5 Å². The second-order valence-electron chi connectivity index (χ2n) is 6.72. The van der Waals surface area contributed by atoms with Crippen LogP contribution >= 0.6 is 0 Å². The number of aryl methyl sites for hydroxylation is 1. The highest BCUT2D eigenvalue weighted by Crippen LogP contribution is 2.38. The lowest BCUT2D eigenvalue weighted by Gasteiger charge is -2.21. The van der Waals surface area contributed by atoms with Crippen LogP contribution in [-0.2, 0) is 6.42 Å². The molecule has 0 amide bonds. The highest BCUT2D eigenvalue weighted by Gasteiger charge is 2.20. The fraction of sp³-hybridized carbons (Fsp3) is 0.182. The van der Waals surface area contributed by atoms with Crippen molar-refractivity contribution in [2.45, 2.75) is 13.3 Å². The maximum absolute atomic E-state index is 5.48. The molecule has 0 aliphatic carbocycles. The number of benzene rings is 3. The lowest BCUT2D eigenvalue weighted by Crippen LogP contribution is -2.13. The van der Waals surface area contributed by atoms with Gasteiger partial charge < -0.3 is 19.7 Å². The Morgan fingerprint density at radius 2 is 1.81 bits per heavy atom. The number of hydrogen-bond acceptors (Lipinski definition) is 4. The molecule has 3 aromatic carbocycles. The molecule has 0 fully saturated rings. The Morgan fingerprint density at radius 1 is 0.923 bits per heavy atom. The van der Waals surface area contributed by atoms with Gasteiger partial charge in [0, 0.05) is 35.4 Å². The zero-order chi connectivity index (χ0) is 17.5. The van der Waals surface area contributed by atoms with Gasteiger partial charge in [-0.3, -0.25) is 0 Å². The third-order valence-electron chi connectivity index (χ3n) is 5.07. The van der Waals surface area contributed by atoms with Crippen LogP contribution in [0.25, 0.3) is 0 Å². The summed E-state index contributed by atoms with van der Waals surface area (Å²) in [7, 11) is 0. The first-order chi connectivity index (χ1) is 12.8. The maximum Gasteiger partial charge on any atom is 0.231 e. The van der Waals surface area contributed by atoms with E-state index in [9.17, 15) is 0 Å². The van der Waals surface area contributed by atoms with E-state index >= 15 is 0 Å². The summed E-state index contributed by atoms with van der Waals surface area (Å²) in [6, 6.07) is 21.2. The van der Waals surface area contributed by atoms with Gasteiger partial charge in [0.05, 0.1) is 0 Å². The van der Waals surface area contributed by atoms with Crippen molar-refractivity contribution in [2.75, 3.05) is 23.6 Å². The summed E-state index contributed by atoms with van der Waals surface area (Å²) in [5, 5.41) is 3.53. The summed E-state index contributed by atoms with van der Waals surface area (Å²) in [6.45, 7) is 3.44. The summed E-state index contributed by atoms with van der Waals surface area (Å²) < 4.78 is 10.9. The first kappa shape index (κ1) is 15.1. The Morgan fingerprint density at radius 3 is 2.77 bits per heavy atom. The van der Waals surface area contributed by atoms with E-state index < -0.39 is 0 Å². The fourth-order valence-corrected chi connectivity index (χ4v) is 3.65. The Bertz CT molecular complexity index is 984. The minimum absolute atomic E-state index is 0.293. The predicted octanol–water partition coefficient (Wildman–Crippen LogP) is 5.16. The third kappa shape index (κ3) is 2.54. The number of anilines is 4. The summed E-state index contributed by atoms with van der Waals surface area (Å²) in [5.74, 6) is 1.59. The van der Waals surface area contributed by atoms with Gasteiger partial charge in [0.1, 0.15) is 0 Å². The van der Waals surface area contributed by atoms with E-state index in [4.69, 9.17) is 9.47 Å². The van der Waals surface area contributed by atoms with Crippen LogP contribution in [-0.4, -0.2) is 13.3 Å². The van der Waals surface area contributed by atoms with Crippen LogP contribution in [0.3, 0.4) is 0 Å². The van der Waals surface area contributed by atoms with E-state index in [-0.39, 0.29) is 0 Å². The highest BCUT2D eigenvalue weighted by molar-refractivity contribution is 5.75. The topological polar surface area (TPSA) is 33.7 Å². The molecule has 4 nitrogen and oxygen atoms in total. The zero-order valence-electron chi connectivity index (χ0n) is 14.7. The molecule has 0 saturated heterocycles. The molecule has 2 aliphatic rings. The van der Waals surface area contributed by atoms with Crippen molar-refractivity contribution in [3.8, 4) is 11.5 Å². The Balaban J connectivity index is 1.46. The molecule has 0 saturated carbocycles. The third-order valence-corrected chi connectivity index (χ3v) is 5.07. The van der Waals surface area contributed by atoms with Crippen molar-refractivity contribution in [1.29, 1.82) is 0 Å². The molecule has 4 heteroatoms. The van der Waals surface area contributed by atoms with Crippen LogP contribution in [0.5, 0.6) is 11.5 Å². The lowest BCUT2D eigenvalue weighted by atomic mass is 10.1. The molecule has 0 radical (unpaired) electrons. The number of para-hydroxylation sites is 1. The van der Waals surface area contributed by atoms with Crippen LogP contribution in [0.2, 0.25) is 0 Å². The Hall–Kier alpha value is -3.14. The molecule has 2 aliphatic heterocycles. The van der Waals surface area contributed by atoms with Crippen molar-refractivity contribution >= 4 is 22.7 Å². The van der Waals surface area contributed by atoms with Crippen LogP contribution in [0, 0.1) is 6.92 Å². The Kier molecular flexibility index (Phi) is 3.49. The second-order valence-corrected chi connectivity index (χ2v) is 6.72.